The molecule has 4 rings (SSSR count). The van der Waals surface area contributed by atoms with Crippen molar-refractivity contribution >= 4 is 42.4 Å². The summed E-state index contributed by atoms with van der Waals surface area (Å²) >= 11 is 0. The van der Waals surface area contributed by atoms with Gasteiger partial charge in [-0.3, -0.25) is 4.55 Å². The maximum absolute atomic E-state index is 11.7. The van der Waals surface area contributed by atoms with Crippen LogP contribution in [0.3, 0.4) is 0 Å². The summed E-state index contributed by atoms with van der Waals surface area (Å²) in [6.07, 6.45) is 1.68. The highest BCUT2D eigenvalue weighted by Gasteiger charge is 2.18. The van der Waals surface area contributed by atoms with Crippen LogP contribution in [0.5, 0.6) is 5.75 Å². The molecule has 0 aliphatic carbocycles. The molecular formula is C19H14O4S. The summed E-state index contributed by atoms with van der Waals surface area (Å²) in [7, 11) is -4.30. The monoisotopic (exact) mass is 338 g/mol. The molecule has 0 bridgehead atoms. The molecule has 0 amide bonds. The largest absolute Gasteiger partial charge is 0.489 e. The molecule has 0 saturated carbocycles. The van der Waals surface area contributed by atoms with Crippen molar-refractivity contribution in [1.82, 2.24) is 0 Å². The Morgan fingerprint density at radius 2 is 1.50 bits per heavy atom. The molecule has 0 aliphatic rings. The third kappa shape index (κ3) is 2.13. The topological polar surface area (TPSA) is 63.6 Å². The molecule has 24 heavy (non-hydrogen) atoms. The fourth-order valence-electron chi connectivity index (χ4n) is 3.25. The molecule has 0 fully saturated rings. The van der Waals surface area contributed by atoms with Gasteiger partial charge in [-0.15, -0.1) is 0 Å². The minimum absolute atomic E-state index is 0.0817. The highest BCUT2D eigenvalue weighted by molar-refractivity contribution is 7.86. The van der Waals surface area contributed by atoms with Gasteiger partial charge in [-0.25, -0.2) is 0 Å². The molecule has 120 valence electrons. The van der Waals surface area contributed by atoms with Gasteiger partial charge < -0.3 is 4.74 Å². The molecule has 0 aliphatic heterocycles. The highest BCUT2D eigenvalue weighted by Crippen LogP contribution is 2.40. The van der Waals surface area contributed by atoms with E-state index in [1.165, 1.54) is 6.07 Å². The Morgan fingerprint density at radius 3 is 2.17 bits per heavy atom. The number of ether oxygens (including phenoxy) is 1. The van der Waals surface area contributed by atoms with E-state index < -0.39 is 10.1 Å². The first-order chi connectivity index (χ1) is 11.5. The predicted molar refractivity (Wildman–Crippen MR) is 95.7 cm³/mol. The van der Waals surface area contributed by atoms with E-state index in [9.17, 15) is 13.0 Å². The standard InChI is InChI=1S/C19H14O4S/c1-2-11-23-16-9-5-12-3-4-13-6-10-17(24(20,21)22)15-8-7-14(16)18(12)19(13)15/h2-10H,1,11H2,(H,20,21,22). The van der Waals surface area contributed by atoms with Crippen molar-refractivity contribution in [3.63, 3.8) is 0 Å². The number of hydrogen-bond donors (Lipinski definition) is 1. The summed E-state index contributed by atoms with van der Waals surface area (Å²) in [5.74, 6) is 0.717. The van der Waals surface area contributed by atoms with E-state index in [4.69, 9.17) is 4.74 Å². The Balaban J connectivity index is 2.19. The fourth-order valence-corrected chi connectivity index (χ4v) is 3.94. The zero-order valence-electron chi connectivity index (χ0n) is 12.7. The smallest absolute Gasteiger partial charge is 0.295 e. The number of benzene rings is 4. The minimum Gasteiger partial charge on any atom is -0.489 e. The van der Waals surface area contributed by atoms with Crippen LogP contribution < -0.4 is 4.74 Å². The van der Waals surface area contributed by atoms with Crippen LogP contribution in [0.25, 0.3) is 32.3 Å². The van der Waals surface area contributed by atoms with Gasteiger partial charge in [0.15, 0.2) is 0 Å². The van der Waals surface area contributed by atoms with Crippen molar-refractivity contribution in [2.24, 2.45) is 0 Å². The predicted octanol–water partition coefficient (Wildman–Crippen LogP) is 4.40. The molecule has 0 aromatic heterocycles. The quantitative estimate of drug-likeness (QED) is 0.340. The summed E-state index contributed by atoms with van der Waals surface area (Å²) < 4.78 is 38.7. The average molecular weight is 338 g/mol. The lowest BCUT2D eigenvalue weighted by atomic mass is 9.94. The van der Waals surface area contributed by atoms with Crippen molar-refractivity contribution < 1.29 is 17.7 Å². The summed E-state index contributed by atoms with van der Waals surface area (Å²) in [5, 5.41) is 5.05. The molecule has 0 radical (unpaired) electrons. The summed E-state index contributed by atoms with van der Waals surface area (Å²) in [6.45, 7) is 4.05. The third-order valence-corrected chi connectivity index (χ3v) is 5.13. The van der Waals surface area contributed by atoms with E-state index in [-0.39, 0.29) is 4.90 Å². The van der Waals surface area contributed by atoms with Crippen LogP contribution in [0.15, 0.2) is 66.1 Å². The van der Waals surface area contributed by atoms with Crippen LogP contribution in [0.1, 0.15) is 0 Å². The van der Waals surface area contributed by atoms with Crippen LogP contribution >= 0.6 is 0 Å². The molecular weight excluding hydrogens is 324 g/mol. The Morgan fingerprint density at radius 1 is 0.917 bits per heavy atom. The van der Waals surface area contributed by atoms with Crippen molar-refractivity contribution in [2.45, 2.75) is 4.90 Å². The van der Waals surface area contributed by atoms with Crippen molar-refractivity contribution in [3.8, 4) is 5.75 Å². The summed E-state index contributed by atoms with van der Waals surface area (Å²) in [4.78, 5) is -0.0817. The number of rotatable bonds is 4. The molecule has 4 nitrogen and oxygen atoms in total. The fraction of sp³-hybridized carbons (Fsp3) is 0.0526. The van der Waals surface area contributed by atoms with Crippen molar-refractivity contribution in [3.05, 3.63) is 61.2 Å². The summed E-state index contributed by atoms with van der Waals surface area (Å²) in [6, 6.07) is 14.5. The second-order valence-corrected chi connectivity index (χ2v) is 7.01. The maximum atomic E-state index is 11.7. The van der Waals surface area contributed by atoms with Crippen LogP contribution in [0, 0.1) is 0 Å². The molecule has 0 atom stereocenters. The van der Waals surface area contributed by atoms with Gasteiger partial charge in [-0.1, -0.05) is 43.0 Å². The van der Waals surface area contributed by atoms with Crippen LogP contribution in [0.4, 0.5) is 0 Å². The van der Waals surface area contributed by atoms with Gasteiger partial charge in [-0.2, -0.15) is 8.42 Å². The second kappa shape index (κ2) is 5.19. The van der Waals surface area contributed by atoms with E-state index in [1.807, 2.05) is 30.3 Å². The molecule has 1 N–H and O–H groups in total. The van der Waals surface area contributed by atoms with Crippen LogP contribution in [0.2, 0.25) is 0 Å². The lowest BCUT2D eigenvalue weighted by molar-refractivity contribution is 0.368. The lowest BCUT2D eigenvalue weighted by Crippen LogP contribution is -2.00. The third-order valence-electron chi connectivity index (χ3n) is 4.22. The Hall–Kier alpha value is -2.63. The minimum atomic E-state index is -4.30. The van der Waals surface area contributed by atoms with E-state index >= 15 is 0 Å². The van der Waals surface area contributed by atoms with Gasteiger partial charge in [0.25, 0.3) is 10.1 Å². The maximum Gasteiger partial charge on any atom is 0.295 e. The van der Waals surface area contributed by atoms with Gasteiger partial charge in [-0.05, 0) is 34.4 Å². The first-order valence-corrected chi connectivity index (χ1v) is 8.86. The molecule has 0 unspecified atom stereocenters. The van der Waals surface area contributed by atoms with Gasteiger partial charge in [0.1, 0.15) is 17.3 Å². The van der Waals surface area contributed by atoms with E-state index in [2.05, 4.69) is 6.58 Å². The second-order valence-electron chi connectivity index (χ2n) is 5.62. The molecule has 4 aromatic carbocycles. The number of hydrogen-bond acceptors (Lipinski definition) is 3. The molecule has 0 spiro atoms. The van der Waals surface area contributed by atoms with E-state index in [0.29, 0.717) is 17.7 Å². The first kappa shape index (κ1) is 14.9. The lowest BCUT2D eigenvalue weighted by Gasteiger charge is -2.15. The van der Waals surface area contributed by atoms with Gasteiger partial charge in [0, 0.05) is 16.2 Å². The van der Waals surface area contributed by atoms with Crippen molar-refractivity contribution in [1.29, 1.82) is 0 Å². The zero-order valence-corrected chi connectivity index (χ0v) is 13.5. The van der Waals surface area contributed by atoms with Crippen LogP contribution in [-0.4, -0.2) is 19.6 Å². The van der Waals surface area contributed by atoms with E-state index in [1.54, 1.807) is 18.2 Å². The SMILES string of the molecule is C=CCOc1ccc2ccc3ccc(S(=O)(=O)O)c4ccc1c2c34. The molecule has 0 heterocycles. The normalized spacial score (nSPS) is 12.2. The molecule has 4 aromatic rings. The van der Waals surface area contributed by atoms with Crippen LogP contribution in [-0.2, 0) is 10.1 Å². The van der Waals surface area contributed by atoms with E-state index in [0.717, 1.165) is 26.9 Å². The Labute approximate surface area is 139 Å². The summed E-state index contributed by atoms with van der Waals surface area (Å²) in [5.41, 5.74) is 0. The Kier molecular flexibility index (Phi) is 3.23. The molecule has 5 heteroatoms. The Bertz CT molecular complexity index is 1190. The van der Waals surface area contributed by atoms with Gasteiger partial charge >= 0.3 is 0 Å². The van der Waals surface area contributed by atoms with Gasteiger partial charge in [0.2, 0.25) is 0 Å². The average Bonchev–Trinajstić information content (AvgIpc) is 2.57. The zero-order chi connectivity index (χ0) is 16.9. The van der Waals surface area contributed by atoms with Gasteiger partial charge in [0.05, 0.1) is 0 Å². The first-order valence-electron chi connectivity index (χ1n) is 7.42. The molecule has 0 saturated heterocycles. The van der Waals surface area contributed by atoms with Crippen molar-refractivity contribution in [2.75, 3.05) is 6.61 Å². The highest BCUT2D eigenvalue weighted by atomic mass is 32.2.